The van der Waals surface area contributed by atoms with Crippen molar-refractivity contribution in [3.8, 4) is 0 Å². The summed E-state index contributed by atoms with van der Waals surface area (Å²) in [5.74, 6) is 0.444. The van der Waals surface area contributed by atoms with E-state index in [1.807, 2.05) is 49.4 Å². The smallest absolute Gasteiger partial charge is 0.278 e. The minimum Gasteiger partial charge on any atom is -0.355 e. The van der Waals surface area contributed by atoms with Crippen LogP contribution in [-0.2, 0) is 0 Å². The van der Waals surface area contributed by atoms with Crippen LogP contribution in [0.4, 0.5) is 11.5 Å². The SMILES string of the molecule is Cc1cc(NC(=O)c2nc3ccccc3nc2N2CCCC2)ccc1Br. The second-order valence-corrected chi connectivity index (χ2v) is 7.35. The van der Waals surface area contributed by atoms with Crippen molar-refractivity contribution in [1.82, 2.24) is 9.97 Å². The van der Waals surface area contributed by atoms with Crippen molar-refractivity contribution in [2.45, 2.75) is 19.8 Å². The Kier molecular flexibility index (Phi) is 4.59. The largest absolute Gasteiger partial charge is 0.355 e. The molecule has 1 N–H and O–H groups in total. The monoisotopic (exact) mass is 410 g/mol. The Bertz CT molecular complexity index is 983. The van der Waals surface area contributed by atoms with E-state index in [1.165, 1.54) is 0 Å². The van der Waals surface area contributed by atoms with Crippen molar-refractivity contribution < 1.29 is 4.79 Å². The lowest BCUT2D eigenvalue weighted by molar-refractivity contribution is 0.102. The predicted molar refractivity (Wildman–Crippen MR) is 108 cm³/mol. The van der Waals surface area contributed by atoms with Crippen LogP contribution in [0.3, 0.4) is 0 Å². The number of hydrogen-bond acceptors (Lipinski definition) is 4. The summed E-state index contributed by atoms with van der Waals surface area (Å²) >= 11 is 3.48. The second-order valence-electron chi connectivity index (χ2n) is 6.50. The van der Waals surface area contributed by atoms with Gasteiger partial charge in [-0.2, -0.15) is 0 Å². The Balaban J connectivity index is 1.74. The van der Waals surface area contributed by atoms with E-state index in [1.54, 1.807) is 0 Å². The lowest BCUT2D eigenvalue weighted by Crippen LogP contribution is -2.25. The molecule has 1 saturated heterocycles. The number of nitrogens with zero attached hydrogens (tertiary/aromatic N) is 3. The van der Waals surface area contributed by atoms with Crippen LogP contribution >= 0.6 is 15.9 Å². The van der Waals surface area contributed by atoms with Gasteiger partial charge in [0.05, 0.1) is 11.0 Å². The number of benzene rings is 2. The van der Waals surface area contributed by atoms with Crippen LogP contribution in [0.2, 0.25) is 0 Å². The van der Waals surface area contributed by atoms with Crippen molar-refractivity contribution in [3.05, 3.63) is 58.2 Å². The maximum atomic E-state index is 13.0. The highest BCUT2D eigenvalue weighted by atomic mass is 79.9. The van der Waals surface area contributed by atoms with Crippen LogP contribution in [0.1, 0.15) is 28.9 Å². The summed E-state index contributed by atoms with van der Waals surface area (Å²) in [6, 6.07) is 13.4. The summed E-state index contributed by atoms with van der Waals surface area (Å²) in [6.07, 6.45) is 2.23. The third-order valence-corrected chi connectivity index (χ3v) is 5.48. The van der Waals surface area contributed by atoms with Gasteiger partial charge < -0.3 is 10.2 Å². The summed E-state index contributed by atoms with van der Waals surface area (Å²) in [7, 11) is 0. The fraction of sp³-hybridized carbons (Fsp3) is 0.250. The number of fused-ring (bicyclic) bond motifs is 1. The minimum atomic E-state index is -0.230. The molecule has 6 heteroatoms. The Morgan fingerprint density at radius 2 is 1.77 bits per heavy atom. The number of rotatable bonds is 3. The van der Waals surface area contributed by atoms with Crippen LogP contribution in [0.5, 0.6) is 0 Å². The van der Waals surface area contributed by atoms with Gasteiger partial charge >= 0.3 is 0 Å². The number of hydrogen-bond donors (Lipinski definition) is 1. The molecule has 0 radical (unpaired) electrons. The zero-order valence-corrected chi connectivity index (χ0v) is 16.1. The number of carbonyl (C=O) groups is 1. The van der Waals surface area contributed by atoms with Gasteiger partial charge in [-0.15, -0.1) is 0 Å². The molecule has 0 atom stereocenters. The van der Waals surface area contributed by atoms with Gasteiger partial charge in [0.25, 0.3) is 5.91 Å². The topological polar surface area (TPSA) is 58.1 Å². The van der Waals surface area contributed by atoms with E-state index in [0.29, 0.717) is 11.5 Å². The standard InChI is InChI=1S/C20H19BrN4O/c1-13-12-14(8-9-15(13)21)22-20(26)18-19(25-10-4-5-11-25)24-17-7-3-2-6-16(17)23-18/h2-3,6-9,12H,4-5,10-11H2,1H3,(H,22,26). The summed E-state index contributed by atoms with van der Waals surface area (Å²) in [6.45, 7) is 3.81. The minimum absolute atomic E-state index is 0.230. The lowest BCUT2D eigenvalue weighted by atomic mass is 10.2. The maximum Gasteiger partial charge on any atom is 0.278 e. The highest BCUT2D eigenvalue weighted by molar-refractivity contribution is 9.10. The van der Waals surface area contributed by atoms with E-state index in [4.69, 9.17) is 4.98 Å². The predicted octanol–water partition coefficient (Wildman–Crippen LogP) is 4.55. The van der Waals surface area contributed by atoms with Gasteiger partial charge in [-0.25, -0.2) is 9.97 Å². The third-order valence-electron chi connectivity index (χ3n) is 4.59. The number of para-hydroxylation sites is 2. The average molecular weight is 411 g/mol. The zero-order chi connectivity index (χ0) is 18.1. The first-order valence-electron chi connectivity index (χ1n) is 8.71. The second kappa shape index (κ2) is 7.03. The van der Waals surface area contributed by atoms with Crippen molar-refractivity contribution in [2.75, 3.05) is 23.3 Å². The van der Waals surface area contributed by atoms with Gasteiger partial charge in [-0.1, -0.05) is 28.1 Å². The molecular formula is C20H19BrN4O. The molecule has 0 aliphatic carbocycles. The highest BCUT2D eigenvalue weighted by Gasteiger charge is 2.23. The van der Waals surface area contributed by atoms with E-state index in [9.17, 15) is 4.79 Å². The average Bonchev–Trinajstić information content (AvgIpc) is 3.18. The maximum absolute atomic E-state index is 13.0. The van der Waals surface area contributed by atoms with E-state index in [0.717, 1.165) is 52.7 Å². The molecule has 1 aliphatic heterocycles. The summed E-state index contributed by atoms with van der Waals surface area (Å²) in [5.41, 5.74) is 3.73. The Hall–Kier alpha value is -2.47. The Labute approximate surface area is 160 Å². The van der Waals surface area contributed by atoms with Crippen LogP contribution in [0.15, 0.2) is 46.9 Å². The molecule has 1 fully saturated rings. The van der Waals surface area contributed by atoms with Gasteiger partial charge in [0.1, 0.15) is 0 Å². The fourth-order valence-corrected chi connectivity index (χ4v) is 3.45. The summed E-state index contributed by atoms with van der Waals surface area (Å²) < 4.78 is 1.01. The molecule has 1 aromatic heterocycles. The number of anilines is 2. The molecule has 3 aromatic rings. The molecule has 2 aromatic carbocycles. The number of aromatic nitrogens is 2. The molecule has 2 heterocycles. The van der Waals surface area contributed by atoms with Crippen LogP contribution in [0, 0.1) is 6.92 Å². The molecule has 4 rings (SSSR count). The van der Waals surface area contributed by atoms with Crippen LogP contribution in [-0.4, -0.2) is 29.0 Å². The Morgan fingerprint density at radius 1 is 1.08 bits per heavy atom. The molecule has 0 spiro atoms. The number of halogens is 1. The zero-order valence-electron chi connectivity index (χ0n) is 14.5. The van der Waals surface area contributed by atoms with Gasteiger partial charge in [-0.05, 0) is 55.7 Å². The number of nitrogens with one attached hydrogen (secondary N) is 1. The molecule has 26 heavy (non-hydrogen) atoms. The Morgan fingerprint density at radius 3 is 2.46 bits per heavy atom. The van der Waals surface area contributed by atoms with Crippen LogP contribution < -0.4 is 10.2 Å². The molecule has 1 aliphatic rings. The molecule has 0 saturated carbocycles. The third kappa shape index (κ3) is 3.29. The number of amides is 1. The lowest BCUT2D eigenvalue weighted by Gasteiger charge is -2.19. The van der Waals surface area contributed by atoms with Gasteiger partial charge in [0.15, 0.2) is 11.5 Å². The number of carbonyl (C=O) groups excluding carboxylic acids is 1. The van der Waals surface area contributed by atoms with E-state index in [-0.39, 0.29) is 5.91 Å². The highest BCUT2D eigenvalue weighted by Crippen LogP contribution is 2.26. The molecule has 132 valence electrons. The number of aryl methyl sites for hydroxylation is 1. The molecule has 0 bridgehead atoms. The summed E-state index contributed by atoms with van der Waals surface area (Å²) in [4.78, 5) is 24.5. The fourth-order valence-electron chi connectivity index (χ4n) is 3.21. The molecule has 5 nitrogen and oxygen atoms in total. The van der Waals surface area contributed by atoms with E-state index in [2.05, 4.69) is 31.1 Å². The van der Waals surface area contributed by atoms with E-state index >= 15 is 0 Å². The summed E-state index contributed by atoms with van der Waals surface area (Å²) in [5, 5.41) is 2.97. The van der Waals surface area contributed by atoms with E-state index < -0.39 is 0 Å². The molecule has 0 unspecified atom stereocenters. The molecule has 1 amide bonds. The van der Waals surface area contributed by atoms with Crippen molar-refractivity contribution in [3.63, 3.8) is 0 Å². The first-order valence-corrected chi connectivity index (χ1v) is 9.50. The first kappa shape index (κ1) is 17.0. The molecular weight excluding hydrogens is 392 g/mol. The van der Waals surface area contributed by atoms with Gasteiger partial charge in [-0.3, -0.25) is 4.79 Å². The quantitative estimate of drug-likeness (QED) is 0.687. The van der Waals surface area contributed by atoms with Crippen molar-refractivity contribution in [1.29, 1.82) is 0 Å². The first-order chi connectivity index (χ1) is 12.6. The normalized spacial score (nSPS) is 14.0. The van der Waals surface area contributed by atoms with Gasteiger partial charge in [0, 0.05) is 23.2 Å². The van der Waals surface area contributed by atoms with Gasteiger partial charge in [0.2, 0.25) is 0 Å². The van der Waals surface area contributed by atoms with Crippen molar-refractivity contribution in [2.24, 2.45) is 0 Å². The van der Waals surface area contributed by atoms with Crippen molar-refractivity contribution >= 4 is 44.4 Å². The van der Waals surface area contributed by atoms with Crippen LogP contribution in [0.25, 0.3) is 11.0 Å².